The molecule has 0 aliphatic rings. The van der Waals surface area contributed by atoms with E-state index < -0.39 is 23.2 Å². The van der Waals surface area contributed by atoms with Gasteiger partial charge in [0.2, 0.25) is 0 Å². The van der Waals surface area contributed by atoms with E-state index in [-0.39, 0.29) is 12.1 Å². The van der Waals surface area contributed by atoms with Crippen molar-refractivity contribution in [1.82, 2.24) is 5.32 Å². The summed E-state index contributed by atoms with van der Waals surface area (Å²) in [4.78, 5) is 11.3. The molecule has 100 valence electrons. The molecule has 1 rings (SSSR count). The molecule has 0 saturated heterocycles. The molecule has 0 heterocycles. The van der Waals surface area contributed by atoms with E-state index in [1.54, 1.807) is 6.92 Å². The first-order chi connectivity index (χ1) is 8.23. The quantitative estimate of drug-likeness (QED) is 0.876. The summed E-state index contributed by atoms with van der Waals surface area (Å²) in [5.74, 6) is -1.35. The van der Waals surface area contributed by atoms with Gasteiger partial charge in [-0.3, -0.25) is 5.32 Å². The molecular formula is C12H14F3NO2. The van der Waals surface area contributed by atoms with Crippen LogP contribution in [0.5, 0.6) is 0 Å². The van der Waals surface area contributed by atoms with Crippen LogP contribution in [0.15, 0.2) is 24.3 Å². The van der Waals surface area contributed by atoms with Crippen molar-refractivity contribution in [3.8, 4) is 0 Å². The number of carboxylic acids is 1. The van der Waals surface area contributed by atoms with E-state index in [2.05, 4.69) is 5.32 Å². The molecule has 2 N–H and O–H groups in total. The van der Waals surface area contributed by atoms with Crippen LogP contribution in [0.2, 0.25) is 0 Å². The van der Waals surface area contributed by atoms with E-state index in [1.807, 2.05) is 0 Å². The summed E-state index contributed by atoms with van der Waals surface area (Å²) >= 11 is 0. The van der Waals surface area contributed by atoms with Gasteiger partial charge < -0.3 is 5.11 Å². The monoisotopic (exact) mass is 261 g/mol. The molecule has 0 aliphatic heterocycles. The number of hydrogen-bond donors (Lipinski definition) is 2. The van der Waals surface area contributed by atoms with Gasteiger partial charge in [0.15, 0.2) is 0 Å². The van der Waals surface area contributed by atoms with E-state index in [4.69, 9.17) is 0 Å². The Kier molecular flexibility index (Phi) is 4.01. The van der Waals surface area contributed by atoms with Crippen molar-refractivity contribution in [3.05, 3.63) is 35.4 Å². The summed E-state index contributed by atoms with van der Waals surface area (Å²) in [6.45, 7) is 3.11. The van der Waals surface area contributed by atoms with Gasteiger partial charge in [0.1, 0.15) is 5.54 Å². The van der Waals surface area contributed by atoms with Gasteiger partial charge >= 0.3 is 12.1 Å². The smallest absolute Gasteiger partial charge is 0.416 e. The van der Waals surface area contributed by atoms with Crippen molar-refractivity contribution in [2.75, 3.05) is 6.54 Å². The molecule has 1 aromatic carbocycles. The highest BCUT2D eigenvalue weighted by Gasteiger charge is 2.42. The minimum atomic E-state index is -4.58. The van der Waals surface area contributed by atoms with Crippen LogP contribution in [-0.2, 0) is 16.5 Å². The van der Waals surface area contributed by atoms with E-state index in [9.17, 15) is 23.1 Å². The topological polar surface area (TPSA) is 49.3 Å². The van der Waals surface area contributed by atoms with Crippen molar-refractivity contribution in [2.45, 2.75) is 25.6 Å². The fourth-order valence-electron chi connectivity index (χ4n) is 1.81. The Balaban J connectivity index is 3.43. The molecule has 0 spiro atoms. The number of carbonyl (C=O) groups is 1. The van der Waals surface area contributed by atoms with Gasteiger partial charge in [-0.1, -0.05) is 25.1 Å². The third kappa shape index (κ3) is 2.64. The van der Waals surface area contributed by atoms with E-state index in [1.165, 1.54) is 25.1 Å². The maximum Gasteiger partial charge on any atom is 0.416 e. The van der Waals surface area contributed by atoms with Crippen molar-refractivity contribution in [1.29, 1.82) is 0 Å². The van der Waals surface area contributed by atoms with Gasteiger partial charge in [0.25, 0.3) is 0 Å². The number of nitrogens with one attached hydrogen (secondary N) is 1. The fraction of sp³-hybridized carbons (Fsp3) is 0.417. The average molecular weight is 261 g/mol. The molecule has 0 aliphatic carbocycles. The highest BCUT2D eigenvalue weighted by Crippen LogP contribution is 2.36. The first kappa shape index (κ1) is 14.5. The largest absolute Gasteiger partial charge is 0.480 e. The number of aliphatic carboxylic acids is 1. The third-order valence-electron chi connectivity index (χ3n) is 2.73. The van der Waals surface area contributed by atoms with Crippen molar-refractivity contribution >= 4 is 5.97 Å². The summed E-state index contributed by atoms with van der Waals surface area (Å²) in [6.07, 6.45) is -4.58. The summed E-state index contributed by atoms with van der Waals surface area (Å²) in [6, 6.07) is 4.69. The number of rotatable bonds is 4. The van der Waals surface area contributed by atoms with Crippen LogP contribution in [-0.4, -0.2) is 17.6 Å². The maximum atomic E-state index is 12.9. The Hall–Kier alpha value is -1.56. The number of likely N-dealkylation sites (N-methyl/N-ethyl adjacent to an activating group) is 1. The molecule has 1 unspecified atom stereocenters. The molecule has 18 heavy (non-hydrogen) atoms. The van der Waals surface area contributed by atoms with Crippen molar-refractivity contribution in [3.63, 3.8) is 0 Å². The van der Waals surface area contributed by atoms with E-state index in [0.717, 1.165) is 6.07 Å². The van der Waals surface area contributed by atoms with Crippen LogP contribution in [0, 0.1) is 0 Å². The summed E-state index contributed by atoms with van der Waals surface area (Å²) in [5, 5.41) is 11.8. The molecule has 0 saturated carbocycles. The zero-order valence-corrected chi connectivity index (χ0v) is 10.0. The second-order valence-corrected chi connectivity index (χ2v) is 4.00. The minimum Gasteiger partial charge on any atom is -0.480 e. The number of benzene rings is 1. The average Bonchev–Trinajstić information content (AvgIpc) is 2.28. The maximum absolute atomic E-state index is 12.9. The number of hydrogen-bond acceptors (Lipinski definition) is 2. The normalized spacial score (nSPS) is 15.2. The molecular weight excluding hydrogens is 247 g/mol. The predicted octanol–water partition coefficient (Wildman–Crippen LogP) is 2.61. The molecule has 0 amide bonds. The number of halogens is 3. The molecule has 0 bridgehead atoms. The van der Waals surface area contributed by atoms with Gasteiger partial charge in [-0.25, -0.2) is 4.79 Å². The second kappa shape index (κ2) is 4.97. The summed E-state index contributed by atoms with van der Waals surface area (Å²) in [5.41, 5.74) is -2.98. The van der Waals surface area contributed by atoms with Crippen LogP contribution in [0.3, 0.4) is 0 Å². The lowest BCUT2D eigenvalue weighted by atomic mass is 9.87. The molecule has 0 radical (unpaired) electrons. The second-order valence-electron chi connectivity index (χ2n) is 4.00. The summed E-state index contributed by atoms with van der Waals surface area (Å²) in [7, 11) is 0. The van der Waals surface area contributed by atoms with Crippen LogP contribution in [0.25, 0.3) is 0 Å². The lowest BCUT2D eigenvalue weighted by Gasteiger charge is -2.29. The molecule has 3 nitrogen and oxygen atoms in total. The molecule has 1 atom stereocenters. The Bertz CT molecular complexity index is 445. The van der Waals surface area contributed by atoms with Gasteiger partial charge in [-0.05, 0) is 25.1 Å². The lowest BCUT2D eigenvalue weighted by Crippen LogP contribution is -2.47. The van der Waals surface area contributed by atoms with Gasteiger partial charge in [-0.15, -0.1) is 0 Å². The zero-order chi connectivity index (χ0) is 14.0. The first-order valence-electron chi connectivity index (χ1n) is 5.38. The molecule has 0 fully saturated rings. The highest BCUT2D eigenvalue weighted by molar-refractivity contribution is 5.81. The standard InChI is InChI=1S/C12H14F3NO2/c1-3-16-11(2,10(17)18)8-6-4-5-7-9(8)12(13,14)15/h4-7,16H,3H2,1-2H3,(H,17,18). The van der Waals surface area contributed by atoms with Gasteiger partial charge in [0.05, 0.1) is 5.56 Å². The third-order valence-corrected chi connectivity index (χ3v) is 2.73. The SMILES string of the molecule is CCNC(C)(C(=O)O)c1ccccc1C(F)(F)F. The Labute approximate surface area is 103 Å². The van der Waals surface area contributed by atoms with Gasteiger partial charge in [-0.2, -0.15) is 13.2 Å². The van der Waals surface area contributed by atoms with Crippen LogP contribution in [0.4, 0.5) is 13.2 Å². The Morgan fingerprint density at radius 1 is 1.28 bits per heavy atom. The van der Waals surface area contributed by atoms with Crippen LogP contribution >= 0.6 is 0 Å². The van der Waals surface area contributed by atoms with Crippen molar-refractivity contribution in [2.24, 2.45) is 0 Å². The van der Waals surface area contributed by atoms with E-state index >= 15 is 0 Å². The van der Waals surface area contributed by atoms with E-state index in [0.29, 0.717) is 0 Å². The number of alkyl halides is 3. The van der Waals surface area contributed by atoms with Crippen molar-refractivity contribution < 1.29 is 23.1 Å². The van der Waals surface area contributed by atoms with Gasteiger partial charge in [0, 0.05) is 0 Å². The molecule has 1 aromatic rings. The minimum absolute atomic E-state index is 0.245. The summed E-state index contributed by atoms with van der Waals surface area (Å²) < 4.78 is 38.6. The zero-order valence-electron chi connectivity index (χ0n) is 10.0. The predicted molar refractivity (Wildman–Crippen MR) is 60.1 cm³/mol. The first-order valence-corrected chi connectivity index (χ1v) is 5.38. The molecule has 6 heteroatoms. The Morgan fingerprint density at radius 3 is 2.17 bits per heavy atom. The molecule has 0 aromatic heterocycles. The van der Waals surface area contributed by atoms with Crippen LogP contribution < -0.4 is 5.32 Å². The van der Waals surface area contributed by atoms with Crippen LogP contribution in [0.1, 0.15) is 25.0 Å². The number of carboxylic acid groups (broad SMARTS) is 1. The Morgan fingerprint density at radius 2 is 1.78 bits per heavy atom. The lowest BCUT2D eigenvalue weighted by molar-refractivity contribution is -0.146. The highest BCUT2D eigenvalue weighted by atomic mass is 19.4. The fourth-order valence-corrected chi connectivity index (χ4v) is 1.81.